The van der Waals surface area contributed by atoms with Gasteiger partial charge in [0.15, 0.2) is 0 Å². The Morgan fingerprint density at radius 3 is 2.70 bits per heavy atom. The Hall–Kier alpha value is -2.24. The van der Waals surface area contributed by atoms with Crippen molar-refractivity contribution < 1.29 is 0 Å². The highest BCUT2D eigenvalue weighted by atomic mass is 32.2. The van der Waals surface area contributed by atoms with Crippen molar-refractivity contribution in [2.75, 3.05) is 0 Å². The lowest BCUT2D eigenvalue weighted by Crippen LogP contribution is -1.89. The molecule has 1 aromatic carbocycles. The van der Waals surface area contributed by atoms with Crippen LogP contribution >= 0.6 is 11.8 Å². The molecule has 1 nitrogen and oxygen atoms in total. The summed E-state index contributed by atoms with van der Waals surface area (Å²) in [4.78, 5) is 6.32. The maximum Gasteiger partial charge on any atom is 0.0792 e. The third kappa shape index (κ3) is 6.18. The largest absolute Gasteiger partial charge is 0.260 e. The minimum atomic E-state index is 0.725. The summed E-state index contributed by atoms with van der Waals surface area (Å²) >= 11 is 1.57. The number of hydrogen-bond acceptors (Lipinski definition) is 2. The van der Waals surface area contributed by atoms with Gasteiger partial charge < -0.3 is 0 Å². The highest BCUT2D eigenvalue weighted by Crippen LogP contribution is 2.32. The summed E-state index contributed by atoms with van der Waals surface area (Å²) in [5, 5.41) is 0. The van der Waals surface area contributed by atoms with Gasteiger partial charge in [-0.2, -0.15) is 0 Å². The van der Waals surface area contributed by atoms with Crippen molar-refractivity contribution in [2.24, 2.45) is 4.99 Å². The second kappa shape index (κ2) is 9.71. The summed E-state index contributed by atoms with van der Waals surface area (Å²) < 4.78 is 0. The number of allylic oxidation sites excluding steroid dienone is 4. The van der Waals surface area contributed by atoms with Crippen LogP contribution < -0.4 is 0 Å². The smallest absolute Gasteiger partial charge is 0.0792 e. The Balaban J connectivity index is 3.14. The highest BCUT2D eigenvalue weighted by Gasteiger charge is 2.08. The van der Waals surface area contributed by atoms with Crippen molar-refractivity contribution in [3.05, 3.63) is 76.9 Å². The van der Waals surface area contributed by atoms with Gasteiger partial charge in [-0.1, -0.05) is 48.0 Å². The van der Waals surface area contributed by atoms with Gasteiger partial charge >= 0.3 is 0 Å². The molecule has 0 saturated carbocycles. The maximum absolute atomic E-state index is 5.71. The van der Waals surface area contributed by atoms with Crippen molar-refractivity contribution in [3.63, 3.8) is 0 Å². The second-order valence-electron chi connectivity index (χ2n) is 5.18. The van der Waals surface area contributed by atoms with E-state index in [1.165, 1.54) is 5.56 Å². The van der Waals surface area contributed by atoms with Crippen LogP contribution in [-0.2, 0) is 6.42 Å². The Morgan fingerprint density at radius 2 is 2.13 bits per heavy atom. The lowest BCUT2D eigenvalue weighted by molar-refractivity contribution is 1.24. The molecule has 0 N–H and O–H groups in total. The topological polar surface area (TPSA) is 12.4 Å². The lowest BCUT2D eigenvalue weighted by Gasteiger charge is -2.09. The zero-order valence-corrected chi connectivity index (χ0v) is 14.9. The molecule has 0 aliphatic heterocycles. The summed E-state index contributed by atoms with van der Waals surface area (Å²) in [5.41, 5.74) is 3.86. The van der Waals surface area contributed by atoms with Crippen LogP contribution in [0, 0.1) is 12.3 Å². The highest BCUT2D eigenvalue weighted by molar-refractivity contribution is 8.03. The van der Waals surface area contributed by atoms with Crippen LogP contribution in [0.15, 0.2) is 81.2 Å². The predicted octanol–water partition coefficient (Wildman–Crippen LogP) is 5.97. The minimum absolute atomic E-state index is 0.725. The third-order valence-corrected chi connectivity index (χ3v) is 3.83. The van der Waals surface area contributed by atoms with Crippen LogP contribution in [0.3, 0.4) is 0 Å². The summed E-state index contributed by atoms with van der Waals surface area (Å²) in [6.45, 7) is 13.8. The first-order valence-corrected chi connectivity index (χ1v) is 8.24. The zero-order valence-electron chi connectivity index (χ0n) is 14.1. The molecule has 1 aromatic rings. The van der Waals surface area contributed by atoms with Gasteiger partial charge in [0.05, 0.1) is 11.3 Å². The molecule has 0 unspecified atom stereocenters. The monoisotopic (exact) mass is 321 g/mol. The molecule has 1 rings (SSSR count). The molecule has 0 aromatic heterocycles. The Kier molecular flexibility index (Phi) is 7.94. The number of nitrogens with zero attached hydrogens (tertiary/aromatic N) is 1. The second-order valence-corrected chi connectivity index (χ2v) is 6.35. The van der Waals surface area contributed by atoms with Crippen LogP contribution in [0.2, 0.25) is 0 Å². The first-order valence-electron chi connectivity index (χ1n) is 7.43. The minimum Gasteiger partial charge on any atom is -0.260 e. The summed E-state index contributed by atoms with van der Waals surface area (Å²) in [5.74, 6) is 2.74. The number of rotatable bonds is 7. The van der Waals surface area contributed by atoms with Crippen molar-refractivity contribution in [1.29, 1.82) is 0 Å². The maximum atomic E-state index is 5.71. The van der Waals surface area contributed by atoms with Gasteiger partial charge in [-0.3, -0.25) is 4.99 Å². The van der Waals surface area contributed by atoms with Gasteiger partial charge in [-0.05, 0) is 51.0 Å². The summed E-state index contributed by atoms with van der Waals surface area (Å²) in [6.07, 6.45) is 12.2. The van der Waals surface area contributed by atoms with Crippen molar-refractivity contribution in [3.8, 4) is 12.3 Å². The van der Waals surface area contributed by atoms with Crippen LogP contribution in [0.5, 0.6) is 0 Å². The summed E-state index contributed by atoms with van der Waals surface area (Å²) in [7, 11) is 0. The molecule has 0 bridgehead atoms. The standard InChI is InChI=1S/C21H23NS/c1-7-11-18-12-10-13-19(15-18)23-17(6)20(8-2)21(22-9-3)14-16(4)5/h2,7,9-10,12-15H,1,6,11H2,3-5H3/b21-20-,22-9?. The van der Waals surface area contributed by atoms with E-state index in [1.54, 1.807) is 18.0 Å². The number of aliphatic imine (C=N–C) groups is 1. The van der Waals surface area contributed by atoms with E-state index in [9.17, 15) is 0 Å². The van der Waals surface area contributed by atoms with Gasteiger partial charge in [0.1, 0.15) is 0 Å². The number of hydrogen-bond donors (Lipinski definition) is 0. The molecule has 0 spiro atoms. The SMILES string of the molecule is C#C/C(C(=C)Sc1cccc(CC=C)c1)=C(\C=C(C)C)N=CC. The van der Waals surface area contributed by atoms with Crippen molar-refractivity contribution in [2.45, 2.75) is 32.1 Å². The molecular weight excluding hydrogens is 298 g/mol. The summed E-state index contributed by atoms with van der Waals surface area (Å²) in [6, 6.07) is 8.31. The number of thioether (sulfide) groups is 1. The van der Waals surface area contributed by atoms with Gasteiger partial charge in [0, 0.05) is 16.0 Å². The molecule has 23 heavy (non-hydrogen) atoms. The molecule has 2 heteroatoms. The molecule has 0 fully saturated rings. The van der Waals surface area contributed by atoms with E-state index in [2.05, 4.69) is 42.3 Å². The fraction of sp³-hybridized carbons (Fsp3) is 0.190. The normalized spacial score (nSPS) is 11.6. The van der Waals surface area contributed by atoms with Crippen molar-refractivity contribution >= 4 is 18.0 Å². The average molecular weight is 321 g/mol. The number of terminal acetylenes is 1. The number of benzene rings is 1. The van der Waals surface area contributed by atoms with E-state index < -0.39 is 0 Å². The van der Waals surface area contributed by atoms with Gasteiger partial charge in [-0.15, -0.1) is 13.0 Å². The van der Waals surface area contributed by atoms with E-state index in [-0.39, 0.29) is 0 Å². The van der Waals surface area contributed by atoms with E-state index in [1.807, 2.05) is 39.0 Å². The Morgan fingerprint density at radius 1 is 1.39 bits per heavy atom. The van der Waals surface area contributed by atoms with Gasteiger partial charge in [-0.25, -0.2) is 0 Å². The Labute approximate surface area is 144 Å². The quantitative estimate of drug-likeness (QED) is 0.198. The van der Waals surface area contributed by atoms with E-state index >= 15 is 0 Å². The third-order valence-electron chi connectivity index (χ3n) is 2.89. The van der Waals surface area contributed by atoms with Gasteiger partial charge in [0.2, 0.25) is 0 Å². The molecular formula is C21H23NS. The molecule has 118 valence electrons. The van der Waals surface area contributed by atoms with E-state index in [4.69, 9.17) is 6.42 Å². The molecule has 0 aliphatic rings. The van der Waals surface area contributed by atoms with Crippen LogP contribution in [0.25, 0.3) is 0 Å². The lowest BCUT2D eigenvalue weighted by atomic mass is 10.1. The zero-order chi connectivity index (χ0) is 17.2. The van der Waals surface area contributed by atoms with Crippen LogP contribution in [0.1, 0.15) is 26.3 Å². The first-order chi connectivity index (χ1) is 11.0. The molecule has 0 heterocycles. The molecule has 0 radical (unpaired) electrons. The first kappa shape index (κ1) is 18.8. The Bertz CT molecular complexity index is 708. The molecule has 0 aliphatic carbocycles. The average Bonchev–Trinajstić information content (AvgIpc) is 2.48. The van der Waals surface area contributed by atoms with Crippen molar-refractivity contribution in [1.82, 2.24) is 0 Å². The van der Waals surface area contributed by atoms with E-state index in [0.717, 1.165) is 33.1 Å². The molecule has 0 amide bonds. The van der Waals surface area contributed by atoms with Crippen LogP contribution in [0.4, 0.5) is 0 Å². The van der Waals surface area contributed by atoms with E-state index in [0.29, 0.717) is 0 Å². The predicted molar refractivity (Wildman–Crippen MR) is 105 cm³/mol. The van der Waals surface area contributed by atoms with Crippen LogP contribution in [-0.4, -0.2) is 6.21 Å². The fourth-order valence-electron chi connectivity index (χ4n) is 1.98. The van der Waals surface area contributed by atoms with Gasteiger partial charge in [0.25, 0.3) is 0 Å². The molecule has 0 saturated heterocycles. The fourth-order valence-corrected chi connectivity index (χ4v) is 2.89. The molecule has 0 atom stereocenters.